The lowest BCUT2D eigenvalue weighted by Crippen LogP contribution is -1.99. The van der Waals surface area contributed by atoms with Crippen molar-refractivity contribution in [3.63, 3.8) is 0 Å². The van der Waals surface area contributed by atoms with Gasteiger partial charge in [0.05, 0.1) is 23.6 Å². The van der Waals surface area contributed by atoms with E-state index in [4.69, 9.17) is 9.63 Å². The molecule has 0 bridgehead atoms. The van der Waals surface area contributed by atoms with E-state index < -0.39 is 5.97 Å². The molecule has 0 radical (unpaired) electrons. The molecule has 2 aromatic heterocycles. The number of nitrogens with zero attached hydrogens (tertiary/aromatic N) is 2. The summed E-state index contributed by atoms with van der Waals surface area (Å²) in [5, 5.41) is 12.6. The van der Waals surface area contributed by atoms with Crippen LogP contribution in [0.25, 0.3) is 0 Å². The molecule has 5 nitrogen and oxygen atoms in total. The lowest BCUT2D eigenvalue weighted by molar-refractivity contribution is -0.136. The molecule has 2 heterocycles. The van der Waals surface area contributed by atoms with Crippen LogP contribution in [0.15, 0.2) is 14.9 Å². The largest absolute Gasteiger partial charge is 0.481 e. The van der Waals surface area contributed by atoms with E-state index in [1.54, 1.807) is 0 Å². The van der Waals surface area contributed by atoms with Gasteiger partial charge in [0.2, 0.25) is 0 Å². The second kappa shape index (κ2) is 5.53. The molecule has 0 aromatic carbocycles. The number of aryl methyl sites for hydroxylation is 2. The van der Waals surface area contributed by atoms with Crippen molar-refractivity contribution in [3.8, 4) is 0 Å². The zero-order chi connectivity index (χ0) is 13.1. The summed E-state index contributed by atoms with van der Waals surface area (Å²) in [6.07, 6.45) is 0.0332. The quantitative estimate of drug-likeness (QED) is 0.851. The molecular formula is C11H12N2O3S2. The molecule has 0 aliphatic heterocycles. The van der Waals surface area contributed by atoms with Crippen LogP contribution in [0.2, 0.25) is 0 Å². The van der Waals surface area contributed by atoms with Crippen LogP contribution in [0.3, 0.4) is 0 Å². The third-order valence-electron chi connectivity index (χ3n) is 2.20. The number of carbonyl (C=O) groups is 1. The Hall–Kier alpha value is -1.34. The van der Waals surface area contributed by atoms with E-state index in [-0.39, 0.29) is 6.42 Å². The normalized spacial score (nSPS) is 10.8. The highest BCUT2D eigenvalue weighted by molar-refractivity contribution is 8.00. The number of hydrogen-bond acceptors (Lipinski definition) is 6. The molecule has 1 N–H and O–H groups in total. The SMILES string of the molecule is Cc1cc(CSc2nc(C)c(CC(=O)O)s2)on1. The van der Waals surface area contributed by atoms with Gasteiger partial charge in [-0.2, -0.15) is 0 Å². The highest BCUT2D eigenvalue weighted by Gasteiger charge is 2.12. The lowest BCUT2D eigenvalue weighted by atomic mass is 10.3. The van der Waals surface area contributed by atoms with E-state index in [0.29, 0.717) is 5.75 Å². The number of hydrogen-bond donors (Lipinski definition) is 1. The first-order valence-corrected chi connectivity index (χ1v) is 7.08. The first-order valence-electron chi connectivity index (χ1n) is 5.27. The van der Waals surface area contributed by atoms with Crippen LogP contribution in [0.5, 0.6) is 0 Å². The standard InChI is InChI=1S/C11H12N2O3S2/c1-6-3-8(16-13-6)5-17-11-12-7(2)9(18-11)4-10(14)15/h3H,4-5H2,1-2H3,(H,14,15). The first-order chi connectivity index (χ1) is 8.54. The Kier molecular flexibility index (Phi) is 4.03. The van der Waals surface area contributed by atoms with Gasteiger partial charge in [0.25, 0.3) is 0 Å². The number of carboxylic acids is 1. The van der Waals surface area contributed by atoms with Gasteiger partial charge in [-0.25, -0.2) is 4.98 Å². The highest BCUT2D eigenvalue weighted by Crippen LogP contribution is 2.30. The number of aromatic nitrogens is 2. The predicted octanol–water partition coefficient (Wildman–Crippen LogP) is 2.67. The van der Waals surface area contributed by atoms with Gasteiger partial charge in [0.15, 0.2) is 4.34 Å². The third kappa shape index (κ3) is 3.33. The maximum atomic E-state index is 10.7. The van der Waals surface area contributed by atoms with Crippen LogP contribution in [0.4, 0.5) is 0 Å². The van der Waals surface area contributed by atoms with Gasteiger partial charge < -0.3 is 9.63 Å². The van der Waals surface area contributed by atoms with Crippen molar-refractivity contribution in [2.45, 2.75) is 30.4 Å². The minimum absolute atomic E-state index is 0.0332. The fraction of sp³-hybridized carbons (Fsp3) is 0.364. The fourth-order valence-electron chi connectivity index (χ4n) is 1.38. The Morgan fingerprint density at radius 1 is 1.56 bits per heavy atom. The van der Waals surface area contributed by atoms with E-state index >= 15 is 0 Å². The van der Waals surface area contributed by atoms with E-state index in [0.717, 1.165) is 26.4 Å². The zero-order valence-electron chi connectivity index (χ0n) is 9.97. The van der Waals surface area contributed by atoms with Crippen molar-refractivity contribution < 1.29 is 14.4 Å². The summed E-state index contributed by atoms with van der Waals surface area (Å²) < 4.78 is 5.96. The number of rotatable bonds is 5. The van der Waals surface area contributed by atoms with Crippen molar-refractivity contribution in [2.24, 2.45) is 0 Å². The van der Waals surface area contributed by atoms with Crippen LogP contribution in [0, 0.1) is 13.8 Å². The lowest BCUT2D eigenvalue weighted by Gasteiger charge is -1.91. The Labute approximate surface area is 112 Å². The Morgan fingerprint density at radius 3 is 2.94 bits per heavy atom. The molecule has 0 atom stereocenters. The van der Waals surface area contributed by atoms with Gasteiger partial charge in [0.1, 0.15) is 5.76 Å². The van der Waals surface area contributed by atoms with Gasteiger partial charge in [-0.05, 0) is 13.8 Å². The number of aliphatic carboxylic acids is 1. The van der Waals surface area contributed by atoms with Crippen LogP contribution >= 0.6 is 23.1 Å². The molecule has 0 fully saturated rings. The summed E-state index contributed by atoms with van der Waals surface area (Å²) in [5.41, 5.74) is 1.64. The fourth-order valence-corrected chi connectivity index (χ4v) is 3.48. The topological polar surface area (TPSA) is 76.2 Å². The molecule has 2 aromatic rings. The van der Waals surface area contributed by atoms with Crippen molar-refractivity contribution in [1.29, 1.82) is 0 Å². The zero-order valence-corrected chi connectivity index (χ0v) is 11.6. The minimum atomic E-state index is -0.829. The Morgan fingerprint density at radius 2 is 2.33 bits per heavy atom. The molecule has 0 saturated carbocycles. The third-order valence-corrected chi connectivity index (χ3v) is 4.52. The van der Waals surface area contributed by atoms with Gasteiger partial charge in [-0.15, -0.1) is 11.3 Å². The molecule has 0 aliphatic carbocycles. The summed E-state index contributed by atoms with van der Waals surface area (Å²) >= 11 is 2.95. The average molecular weight is 284 g/mol. The van der Waals surface area contributed by atoms with Crippen molar-refractivity contribution in [2.75, 3.05) is 0 Å². The van der Waals surface area contributed by atoms with E-state index in [1.165, 1.54) is 23.1 Å². The molecule has 96 valence electrons. The van der Waals surface area contributed by atoms with Gasteiger partial charge in [-0.3, -0.25) is 4.79 Å². The number of carboxylic acid groups (broad SMARTS) is 1. The Balaban J connectivity index is 1.99. The summed E-state index contributed by atoms with van der Waals surface area (Å²) in [7, 11) is 0. The smallest absolute Gasteiger partial charge is 0.308 e. The molecule has 0 spiro atoms. The van der Waals surface area contributed by atoms with Crippen LogP contribution < -0.4 is 0 Å². The average Bonchev–Trinajstić information content (AvgIpc) is 2.83. The van der Waals surface area contributed by atoms with Gasteiger partial charge in [0, 0.05) is 10.9 Å². The van der Waals surface area contributed by atoms with Gasteiger partial charge in [-0.1, -0.05) is 16.9 Å². The van der Waals surface area contributed by atoms with Gasteiger partial charge >= 0.3 is 5.97 Å². The molecule has 0 amide bonds. The van der Waals surface area contributed by atoms with E-state index in [1.807, 2.05) is 19.9 Å². The van der Waals surface area contributed by atoms with E-state index in [9.17, 15) is 4.79 Å². The summed E-state index contributed by atoms with van der Waals surface area (Å²) in [6, 6.07) is 1.88. The van der Waals surface area contributed by atoms with Crippen LogP contribution in [-0.4, -0.2) is 21.2 Å². The molecular weight excluding hydrogens is 272 g/mol. The van der Waals surface area contributed by atoms with Crippen molar-refractivity contribution >= 4 is 29.1 Å². The predicted molar refractivity (Wildman–Crippen MR) is 69.0 cm³/mol. The Bertz CT molecular complexity index is 562. The molecule has 0 saturated heterocycles. The summed E-state index contributed by atoms with van der Waals surface area (Å²) in [4.78, 5) is 15.8. The summed E-state index contributed by atoms with van der Waals surface area (Å²) in [6.45, 7) is 3.70. The monoisotopic (exact) mass is 284 g/mol. The number of thioether (sulfide) groups is 1. The highest BCUT2D eigenvalue weighted by atomic mass is 32.2. The first kappa shape index (κ1) is 13.1. The van der Waals surface area contributed by atoms with Crippen molar-refractivity contribution in [1.82, 2.24) is 10.1 Å². The number of thiazole rings is 1. The van der Waals surface area contributed by atoms with Crippen LogP contribution in [-0.2, 0) is 17.0 Å². The van der Waals surface area contributed by atoms with Crippen molar-refractivity contribution in [3.05, 3.63) is 28.1 Å². The molecule has 18 heavy (non-hydrogen) atoms. The maximum Gasteiger partial charge on any atom is 0.308 e. The maximum absolute atomic E-state index is 10.7. The minimum Gasteiger partial charge on any atom is -0.481 e. The van der Waals surface area contributed by atoms with E-state index in [2.05, 4.69) is 10.1 Å². The molecule has 0 unspecified atom stereocenters. The molecule has 7 heteroatoms. The second-order valence-electron chi connectivity index (χ2n) is 3.78. The van der Waals surface area contributed by atoms with Crippen LogP contribution in [0.1, 0.15) is 22.0 Å². The molecule has 2 rings (SSSR count). The molecule has 0 aliphatic rings. The second-order valence-corrected chi connectivity index (χ2v) is 6.09. The summed E-state index contributed by atoms with van der Waals surface area (Å²) in [5.74, 6) is 0.620.